The summed E-state index contributed by atoms with van der Waals surface area (Å²) in [7, 11) is 0. The first-order valence-corrected chi connectivity index (χ1v) is 5.13. The summed E-state index contributed by atoms with van der Waals surface area (Å²) >= 11 is 0. The van der Waals surface area contributed by atoms with Gasteiger partial charge in [0, 0.05) is 19.2 Å². The first-order valence-electron chi connectivity index (χ1n) is 5.13. The fourth-order valence-corrected chi connectivity index (χ4v) is 1.56. The molecule has 4 nitrogen and oxygen atoms in total. The van der Waals surface area contributed by atoms with E-state index < -0.39 is 5.97 Å². The summed E-state index contributed by atoms with van der Waals surface area (Å²) in [6.45, 7) is 4.01. The van der Waals surface area contributed by atoms with E-state index in [1.54, 1.807) is 29.2 Å². The summed E-state index contributed by atoms with van der Waals surface area (Å²) < 4.78 is 0. The van der Waals surface area contributed by atoms with Crippen LogP contribution in [0.1, 0.15) is 19.4 Å². The molecule has 1 rings (SSSR count). The van der Waals surface area contributed by atoms with E-state index in [1.807, 2.05) is 6.92 Å². The molecule has 0 heterocycles. The number of rotatable bonds is 4. The molecule has 1 amide bonds. The molecule has 0 spiro atoms. The van der Waals surface area contributed by atoms with Crippen LogP contribution in [0.15, 0.2) is 24.3 Å². The Balaban J connectivity index is 2.85. The largest absolute Gasteiger partial charge is 0.481 e. The SMILES string of the molecule is CCN(C(C)=O)c1ccc(CC(=O)O)cc1. The lowest BCUT2D eigenvalue weighted by Crippen LogP contribution is -2.27. The van der Waals surface area contributed by atoms with Crippen molar-refractivity contribution >= 4 is 17.6 Å². The zero-order chi connectivity index (χ0) is 12.1. The van der Waals surface area contributed by atoms with Gasteiger partial charge in [-0.3, -0.25) is 9.59 Å². The van der Waals surface area contributed by atoms with E-state index >= 15 is 0 Å². The lowest BCUT2D eigenvalue weighted by atomic mass is 10.1. The zero-order valence-electron chi connectivity index (χ0n) is 9.43. The van der Waals surface area contributed by atoms with Crippen LogP contribution in [0.25, 0.3) is 0 Å². The van der Waals surface area contributed by atoms with E-state index in [0.29, 0.717) is 6.54 Å². The monoisotopic (exact) mass is 221 g/mol. The molecule has 16 heavy (non-hydrogen) atoms. The fourth-order valence-electron chi connectivity index (χ4n) is 1.56. The van der Waals surface area contributed by atoms with Crippen molar-refractivity contribution in [3.8, 4) is 0 Å². The molecule has 0 aromatic heterocycles. The molecular formula is C12H15NO3. The quantitative estimate of drug-likeness (QED) is 0.841. The highest BCUT2D eigenvalue weighted by atomic mass is 16.4. The van der Waals surface area contributed by atoms with Gasteiger partial charge in [-0.25, -0.2) is 0 Å². The van der Waals surface area contributed by atoms with E-state index in [-0.39, 0.29) is 12.3 Å². The molecule has 0 radical (unpaired) electrons. The number of carboxylic acids is 1. The molecule has 0 aliphatic heterocycles. The number of amides is 1. The van der Waals surface area contributed by atoms with Crippen molar-refractivity contribution in [1.82, 2.24) is 0 Å². The van der Waals surface area contributed by atoms with Gasteiger partial charge in [0.25, 0.3) is 0 Å². The van der Waals surface area contributed by atoms with Gasteiger partial charge in [-0.05, 0) is 24.6 Å². The van der Waals surface area contributed by atoms with Gasteiger partial charge in [0.15, 0.2) is 0 Å². The molecule has 0 bridgehead atoms. The van der Waals surface area contributed by atoms with Gasteiger partial charge in [0.05, 0.1) is 6.42 Å². The Morgan fingerprint density at radius 3 is 2.19 bits per heavy atom. The number of hydrogen-bond donors (Lipinski definition) is 1. The maximum atomic E-state index is 11.3. The summed E-state index contributed by atoms with van der Waals surface area (Å²) in [4.78, 5) is 23.4. The van der Waals surface area contributed by atoms with Crippen molar-refractivity contribution in [3.63, 3.8) is 0 Å². The molecule has 0 saturated carbocycles. The van der Waals surface area contributed by atoms with Crippen LogP contribution >= 0.6 is 0 Å². The van der Waals surface area contributed by atoms with Gasteiger partial charge in [-0.15, -0.1) is 0 Å². The molecule has 1 N–H and O–H groups in total. The van der Waals surface area contributed by atoms with Gasteiger partial charge < -0.3 is 10.0 Å². The van der Waals surface area contributed by atoms with Gasteiger partial charge in [-0.1, -0.05) is 12.1 Å². The maximum absolute atomic E-state index is 11.3. The average molecular weight is 221 g/mol. The molecule has 0 aliphatic carbocycles. The Kier molecular flexibility index (Phi) is 4.05. The average Bonchev–Trinajstić information content (AvgIpc) is 2.20. The molecule has 86 valence electrons. The van der Waals surface area contributed by atoms with Crippen LogP contribution in [0.4, 0.5) is 5.69 Å². The van der Waals surface area contributed by atoms with Crippen LogP contribution in [0, 0.1) is 0 Å². The first kappa shape index (κ1) is 12.2. The van der Waals surface area contributed by atoms with Crippen LogP contribution in [-0.2, 0) is 16.0 Å². The molecule has 1 aromatic carbocycles. The Hall–Kier alpha value is -1.84. The predicted molar refractivity (Wildman–Crippen MR) is 61.5 cm³/mol. The molecule has 0 unspecified atom stereocenters. The third kappa shape index (κ3) is 3.08. The van der Waals surface area contributed by atoms with Crippen LogP contribution in [-0.4, -0.2) is 23.5 Å². The minimum absolute atomic E-state index is 0.00643. The number of benzene rings is 1. The van der Waals surface area contributed by atoms with E-state index in [2.05, 4.69) is 0 Å². The van der Waals surface area contributed by atoms with E-state index in [4.69, 9.17) is 5.11 Å². The van der Waals surface area contributed by atoms with E-state index in [1.165, 1.54) is 6.92 Å². The number of nitrogens with zero attached hydrogens (tertiary/aromatic N) is 1. The van der Waals surface area contributed by atoms with E-state index in [0.717, 1.165) is 11.3 Å². The lowest BCUT2D eigenvalue weighted by molar-refractivity contribution is -0.136. The minimum Gasteiger partial charge on any atom is -0.481 e. The maximum Gasteiger partial charge on any atom is 0.307 e. The molecule has 1 aromatic rings. The number of carbonyl (C=O) groups excluding carboxylic acids is 1. The Bertz CT molecular complexity index is 384. The smallest absolute Gasteiger partial charge is 0.307 e. The highest BCUT2D eigenvalue weighted by molar-refractivity contribution is 5.91. The highest BCUT2D eigenvalue weighted by Gasteiger charge is 2.08. The third-order valence-corrected chi connectivity index (χ3v) is 2.30. The molecular weight excluding hydrogens is 206 g/mol. The summed E-state index contributed by atoms with van der Waals surface area (Å²) in [6, 6.07) is 7.00. The standard InChI is InChI=1S/C12H15NO3/c1-3-13(9(2)14)11-6-4-10(5-7-11)8-12(15)16/h4-7H,3,8H2,1-2H3,(H,15,16). The van der Waals surface area contributed by atoms with Gasteiger partial charge >= 0.3 is 5.97 Å². The van der Waals surface area contributed by atoms with Crippen molar-refractivity contribution < 1.29 is 14.7 Å². The van der Waals surface area contributed by atoms with Crippen molar-refractivity contribution in [1.29, 1.82) is 0 Å². The molecule has 0 saturated heterocycles. The summed E-state index contributed by atoms with van der Waals surface area (Å²) in [5.41, 5.74) is 1.53. The molecule has 0 fully saturated rings. The van der Waals surface area contributed by atoms with Crippen LogP contribution in [0.2, 0.25) is 0 Å². The highest BCUT2D eigenvalue weighted by Crippen LogP contribution is 2.15. The second kappa shape index (κ2) is 5.30. The summed E-state index contributed by atoms with van der Waals surface area (Å²) in [5, 5.41) is 8.62. The minimum atomic E-state index is -0.855. The number of carboxylic acid groups (broad SMARTS) is 1. The van der Waals surface area contributed by atoms with Gasteiger partial charge in [0.2, 0.25) is 5.91 Å². The second-order valence-electron chi connectivity index (χ2n) is 3.50. The topological polar surface area (TPSA) is 57.6 Å². The summed E-state index contributed by atoms with van der Waals surface area (Å²) in [6.07, 6.45) is 0.00643. The van der Waals surface area contributed by atoms with Gasteiger partial charge in [0.1, 0.15) is 0 Å². The van der Waals surface area contributed by atoms with Crippen LogP contribution < -0.4 is 4.90 Å². The number of hydrogen-bond acceptors (Lipinski definition) is 2. The molecule has 4 heteroatoms. The van der Waals surface area contributed by atoms with Crippen molar-refractivity contribution in [2.24, 2.45) is 0 Å². The van der Waals surface area contributed by atoms with Crippen LogP contribution in [0.3, 0.4) is 0 Å². The van der Waals surface area contributed by atoms with Gasteiger partial charge in [-0.2, -0.15) is 0 Å². The predicted octanol–water partition coefficient (Wildman–Crippen LogP) is 1.69. The third-order valence-electron chi connectivity index (χ3n) is 2.30. The zero-order valence-corrected chi connectivity index (χ0v) is 9.43. The summed E-state index contributed by atoms with van der Waals surface area (Å²) in [5.74, 6) is -0.875. The number of anilines is 1. The second-order valence-corrected chi connectivity index (χ2v) is 3.50. The number of carbonyl (C=O) groups is 2. The van der Waals surface area contributed by atoms with Crippen molar-refractivity contribution in [2.75, 3.05) is 11.4 Å². The Morgan fingerprint density at radius 1 is 1.25 bits per heavy atom. The molecule has 0 atom stereocenters. The molecule has 0 aliphatic rings. The Morgan fingerprint density at radius 2 is 1.81 bits per heavy atom. The van der Waals surface area contributed by atoms with Crippen LogP contribution in [0.5, 0.6) is 0 Å². The van der Waals surface area contributed by atoms with Crippen molar-refractivity contribution in [3.05, 3.63) is 29.8 Å². The van der Waals surface area contributed by atoms with Crippen molar-refractivity contribution in [2.45, 2.75) is 20.3 Å². The normalized spacial score (nSPS) is 9.88. The fraction of sp³-hybridized carbons (Fsp3) is 0.333. The first-order chi connectivity index (χ1) is 7.54. The lowest BCUT2D eigenvalue weighted by Gasteiger charge is -2.19. The Labute approximate surface area is 94.5 Å². The number of aliphatic carboxylic acids is 1. The van der Waals surface area contributed by atoms with E-state index in [9.17, 15) is 9.59 Å².